The Morgan fingerprint density at radius 2 is 2.45 bits per heavy atom. The van der Waals surface area contributed by atoms with Gasteiger partial charge in [-0.05, 0) is 13.8 Å². The summed E-state index contributed by atoms with van der Waals surface area (Å²) in [4.78, 5) is 11.1. The van der Waals surface area contributed by atoms with Crippen LogP contribution < -0.4 is 5.73 Å². The lowest BCUT2D eigenvalue weighted by Crippen LogP contribution is -2.26. The predicted octanol–water partition coefficient (Wildman–Crippen LogP) is 0.513. The first-order valence-electron chi connectivity index (χ1n) is 3.34. The van der Waals surface area contributed by atoms with Gasteiger partial charge in [0.1, 0.15) is 5.76 Å². The molecule has 1 aromatic rings. The third-order valence-electron chi connectivity index (χ3n) is 1.29. The largest absolute Gasteiger partial charge is 0.361 e. The monoisotopic (exact) mass is 154 g/mol. The van der Waals surface area contributed by atoms with Crippen LogP contribution in [0, 0.1) is 6.92 Å². The van der Waals surface area contributed by atoms with Crippen molar-refractivity contribution in [2.24, 2.45) is 5.73 Å². The van der Waals surface area contributed by atoms with Gasteiger partial charge in [0.15, 0.2) is 5.69 Å². The molecule has 0 aliphatic rings. The number of aromatic nitrogens is 1. The molecule has 1 unspecified atom stereocenters. The number of hydrogen-bond donors (Lipinski definition) is 1. The van der Waals surface area contributed by atoms with Gasteiger partial charge in [-0.15, -0.1) is 0 Å². The summed E-state index contributed by atoms with van der Waals surface area (Å²) in [7, 11) is 0. The number of carbonyl (C=O) groups excluding carboxylic acids is 1. The SMILES string of the molecule is Cc1cc(C(=O)C(C)N)no1. The van der Waals surface area contributed by atoms with Crippen LogP contribution in [0.5, 0.6) is 0 Å². The van der Waals surface area contributed by atoms with Gasteiger partial charge in [0.25, 0.3) is 0 Å². The number of nitrogens with two attached hydrogens (primary N) is 1. The number of carbonyl (C=O) groups is 1. The standard InChI is InChI=1S/C7H10N2O2/c1-4-3-6(9-11-4)7(10)5(2)8/h3,5H,8H2,1-2H3. The lowest BCUT2D eigenvalue weighted by atomic mass is 10.2. The molecule has 1 heterocycles. The fraction of sp³-hybridized carbons (Fsp3) is 0.429. The number of nitrogens with zero attached hydrogens (tertiary/aromatic N) is 1. The van der Waals surface area contributed by atoms with Gasteiger partial charge in [-0.25, -0.2) is 0 Å². The van der Waals surface area contributed by atoms with E-state index in [0.717, 1.165) is 0 Å². The Kier molecular flexibility index (Phi) is 2.05. The van der Waals surface area contributed by atoms with E-state index in [0.29, 0.717) is 11.5 Å². The maximum atomic E-state index is 11.1. The third kappa shape index (κ3) is 1.65. The van der Waals surface area contributed by atoms with Gasteiger partial charge in [0.2, 0.25) is 5.78 Å². The fourth-order valence-corrected chi connectivity index (χ4v) is 0.716. The molecule has 0 aliphatic heterocycles. The van der Waals surface area contributed by atoms with Gasteiger partial charge in [-0.1, -0.05) is 5.16 Å². The first-order valence-corrected chi connectivity index (χ1v) is 3.34. The minimum Gasteiger partial charge on any atom is -0.361 e. The summed E-state index contributed by atoms with van der Waals surface area (Å²) in [6, 6.07) is 1.06. The average molecular weight is 154 g/mol. The highest BCUT2D eigenvalue weighted by Crippen LogP contribution is 2.03. The Morgan fingerprint density at radius 3 is 2.82 bits per heavy atom. The summed E-state index contributed by atoms with van der Waals surface area (Å²) in [6.45, 7) is 3.34. The second-order valence-corrected chi connectivity index (χ2v) is 2.48. The Balaban J connectivity index is 2.85. The van der Waals surface area contributed by atoms with Crippen molar-refractivity contribution in [2.45, 2.75) is 19.9 Å². The predicted molar refractivity (Wildman–Crippen MR) is 39.2 cm³/mol. The topological polar surface area (TPSA) is 69.1 Å². The van der Waals surface area contributed by atoms with Crippen molar-refractivity contribution < 1.29 is 9.32 Å². The molecule has 0 amide bonds. The quantitative estimate of drug-likeness (QED) is 0.630. The van der Waals surface area contributed by atoms with Gasteiger partial charge >= 0.3 is 0 Å². The minimum atomic E-state index is -0.514. The Hall–Kier alpha value is -1.16. The molecule has 1 aromatic heterocycles. The maximum absolute atomic E-state index is 11.1. The summed E-state index contributed by atoms with van der Waals surface area (Å²) in [6.07, 6.45) is 0. The molecule has 60 valence electrons. The van der Waals surface area contributed by atoms with E-state index in [2.05, 4.69) is 5.16 Å². The van der Waals surface area contributed by atoms with Gasteiger partial charge in [0, 0.05) is 6.07 Å². The van der Waals surface area contributed by atoms with Crippen molar-refractivity contribution in [1.29, 1.82) is 0 Å². The molecule has 0 saturated carbocycles. The highest BCUT2D eigenvalue weighted by Gasteiger charge is 2.14. The van der Waals surface area contributed by atoms with Crippen molar-refractivity contribution in [3.8, 4) is 0 Å². The van der Waals surface area contributed by atoms with E-state index >= 15 is 0 Å². The molecule has 0 saturated heterocycles. The second kappa shape index (κ2) is 2.84. The van der Waals surface area contributed by atoms with Crippen molar-refractivity contribution in [1.82, 2.24) is 5.16 Å². The number of aryl methyl sites for hydroxylation is 1. The minimum absolute atomic E-state index is 0.193. The molecule has 0 spiro atoms. The molecule has 1 atom stereocenters. The van der Waals surface area contributed by atoms with Crippen LogP contribution in [0.15, 0.2) is 10.6 Å². The highest BCUT2D eigenvalue weighted by molar-refractivity contribution is 5.97. The second-order valence-electron chi connectivity index (χ2n) is 2.48. The van der Waals surface area contributed by atoms with Gasteiger partial charge < -0.3 is 10.3 Å². The summed E-state index contributed by atoms with van der Waals surface area (Å²) >= 11 is 0. The molecular weight excluding hydrogens is 144 g/mol. The molecule has 4 heteroatoms. The normalized spacial score (nSPS) is 13.0. The van der Waals surface area contributed by atoms with Crippen molar-refractivity contribution in [3.05, 3.63) is 17.5 Å². The molecular formula is C7H10N2O2. The summed E-state index contributed by atoms with van der Waals surface area (Å²) < 4.78 is 4.71. The molecule has 0 aromatic carbocycles. The zero-order valence-electron chi connectivity index (χ0n) is 6.50. The Bertz CT molecular complexity index is 265. The molecule has 11 heavy (non-hydrogen) atoms. The van der Waals surface area contributed by atoms with Crippen molar-refractivity contribution >= 4 is 5.78 Å². The first-order chi connectivity index (χ1) is 5.11. The number of ketones is 1. The lowest BCUT2D eigenvalue weighted by Gasteiger charge is -1.96. The van der Waals surface area contributed by atoms with Gasteiger partial charge in [-0.3, -0.25) is 4.79 Å². The summed E-state index contributed by atoms with van der Waals surface area (Å²) in [5, 5.41) is 3.53. The third-order valence-corrected chi connectivity index (χ3v) is 1.29. The van der Waals surface area contributed by atoms with Crippen LogP contribution in [-0.2, 0) is 0 Å². The van der Waals surface area contributed by atoms with Crippen LogP contribution in [-0.4, -0.2) is 17.0 Å². The summed E-state index contributed by atoms with van der Waals surface area (Å²) in [5.41, 5.74) is 5.65. The van der Waals surface area contributed by atoms with E-state index in [1.807, 2.05) is 0 Å². The molecule has 0 aliphatic carbocycles. The van der Waals surface area contributed by atoms with Crippen LogP contribution in [0.4, 0.5) is 0 Å². The van der Waals surface area contributed by atoms with Crippen LogP contribution in [0.1, 0.15) is 23.2 Å². The maximum Gasteiger partial charge on any atom is 0.201 e. The van der Waals surface area contributed by atoms with E-state index in [9.17, 15) is 4.79 Å². The van der Waals surface area contributed by atoms with Gasteiger partial charge in [-0.2, -0.15) is 0 Å². The Morgan fingerprint density at radius 1 is 1.82 bits per heavy atom. The molecule has 0 radical (unpaired) electrons. The summed E-state index contributed by atoms with van der Waals surface area (Å²) in [5.74, 6) is 0.427. The van der Waals surface area contributed by atoms with Crippen LogP contribution in [0.25, 0.3) is 0 Å². The highest BCUT2D eigenvalue weighted by atomic mass is 16.5. The molecule has 1 rings (SSSR count). The van der Waals surface area contributed by atoms with E-state index in [1.165, 1.54) is 0 Å². The average Bonchev–Trinajstić information content (AvgIpc) is 2.34. The molecule has 2 N–H and O–H groups in total. The van der Waals surface area contributed by atoms with Crippen molar-refractivity contribution in [2.75, 3.05) is 0 Å². The van der Waals surface area contributed by atoms with Crippen LogP contribution in [0.2, 0.25) is 0 Å². The van der Waals surface area contributed by atoms with E-state index in [-0.39, 0.29) is 5.78 Å². The van der Waals surface area contributed by atoms with Gasteiger partial charge in [0.05, 0.1) is 6.04 Å². The molecule has 4 nitrogen and oxygen atoms in total. The van der Waals surface area contributed by atoms with E-state index in [4.69, 9.17) is 10.3 Å². The lowest BCUT2D eigenvalue weighted by molar-refractivity contribution is 0.0959. The molecule has 0 fully saturated rings. The first kappa shape index (κ1) is 7.94. The molecule has 0 bridgehead atoms. The van der Waals surface area contributed by atoms with Crippen LogP contribution in [0.3, 0.4) is 0 Å². The zero-order chi connectivity index (χ0) is 8.43. The van der Waals surface area contributed by atoms with E-state index < -0.39 is 6.04 Å². The smallest absolute Gasteiger partial charge is 0.201 e. The zero-order valence-corrected chi connectivity index (χ0v) is 6.50. The fourth-order valence-electron chi connectivity index (χ4n) is 0.716. The number of Topliss-reactive ketones (excluding diaryl/α,β-unsaturated/α-hetero) is 1. The van der Waals surface area contributed by atoms with Crippen molar-refractivity contribution in [3.63, 3.8) is 0 Å². The van der Waals surface area contributed by atoms with Crippen LogP contribution >= 0.6 is 0 Å². The van der Waals surface area contributed by atoms with E-state index in [1.54, 1.807) is 19.9 Å². The Labute approximate surface area is 64.4 Å². The number of rotatable bonds is 2. The number of hydrogen-bond acceptors (Lipinski definition) is 4.